The Morgan fingerprint density at radius 1 is 1.13 bits per heavy atom. The fourth-order valence-electron chi connectivity index (χ4n) is 3.77. The third-order valence-electron chi connectivity index (χ3n) is 5.62. The predicted octanol–water partition coefficient (Wildman–Crippen LogP) is 4.28. The molecule has 0 atom stereocenters. The van der Waals surface area contributed by atoms with Gasteiger partial charge in [-0.3, -0.25) is 14.9 Å². The first-order valence-electron chi connectivity index (χ1n) is 9.88. The zero-order valence-electron chi connectivity index (χ0n) is 16.9. The zero-order valence-corrected chi connectivity index (χ0v) is 16.9. The molecule has 8 heteroatoms. The van der Waals surface area contributed by atoms with Gasteiger partial charge >= 0.3 is 0 Å². The van der Waals surface area contributed by atoms with Gasteiger partial charge in [0.25, 0.3) is 11.6 Å². The van der Waals surface area contributed by atoms with Crippen LogP contribution in [0.25, 0.3) is 11.4 Å². The summed E-state index contributed by atoms with van der Waals surface area (Å²) in [4.78, 5) is 29.9. The number of nitrogens with zero attached hydrogens (tertiary/aromatic N) is 4. The first-order valence-corrected chi connectivity index (χ1v) is 9.88. The molecule has 0 radical (unpaired) electrons. The number of piperidine rings is 1. The predicted molar refractivity (Wildman–Crippen MR) is 110 cm³/mol. The maximum Gasteiger partial charge on any atom is 0.273 e. The maximum atomic E-state index is 12.9. The Morgan fingerprint density at radius 3 is 2.50 bits per heavy atom. The van der Waals surface area contributed by atoms with Crippen LogP contribution in [-0.4, -0.2) is 39.0 Å². The summed E-state index contributed by atoms with van der Waals surface area (Å²) in [6.07, 6.45) is 1.41. The maximum absolute atomic E-state index is 12.9. The summed E-state index contributed by atoms with van der Waals surface area (Å²) in [6.45, 7) is 4.71. The third kappa shape index (κ3) is 3.80. The first kappa shape index (κ1) is 19.8. The number of aromatic nitrogens is 2. The lowest BCUT2D eigenvalue weighted by atomic mass is 9.95. The molecular formula is C22H22N4O4. The van der Waals surface area contributed by atoms with E-state index in [1.165, 1.54) is 11.6 Å². The van der Waals surface area contributed by atoms with Crippen LogP contribution >= 0.6 is 0 Å². The molecule has 4 rings (SSSR count). The highest BCUT2D eigenvalue weighted by Gasteiger charge is 2.29. The van der Waals surface area contributed by atoms with E-state index in [0.29, 0.717) is 48.8 Å². The Kier molecular flexibility index (Phi) is 5.31. The molecule has 1 aliphatic rings. The number of rotatable bonds is 4. The minimum Gasteiger partial charge on any atom is -0.339 e. The first-order chi connectivity index (χ1) is 14.4. The molecule has 1 amide bonds. The minimum absolute atomic E-state index is 0.0368. The second-order valence-corrected chi connectivity index (χ2v) is 7.60. The smallest absolute Gasteiger partial charge is 0.273 e. The molecule has 154 valence electrons. The van der Waals surface area contributed by atoms with E-state index < -0.39 is 4.92 Å². The fraction of sp³-hybridized carbons (Fsp3) is 0.318. The van der Waals surface area contributed by atoms with E-state index in [1.807, 2.05) is 31.2 Å². The van der Waals surface area contributed by atoms with E-state index in [9.17, 15) is 14.9 Å². The molecule has 1 fully saturated rings. The molecule has 0 saturated carbocycles. The van der Waals surface area contributed by atoms with Crippen molar-refractivity contribution in [2.24, 2.45) is 0 Å². The van der Waals surface area contributed by atoms with Gasteiger partial charge in [-0.05, 0) is 32.8 Å². The summed E-state index contributed by atoms with van der Waals surface area (Å²) >= 11 is 0. The van der Waals surface area contributed by atoms with Gasteiger partial charge in [-0.1, -0.05) is 41.1 Å². The number of carbonyl (C=O) groups is 1. The average molecular weight is 406 g/mol. The van der Waals surface area contributed by atoms with E-state index in [2.05, 4.69) is 10.1 Å². The molecule has 0 aliphatic carbocycles. The number of benzene rings is 2. The van der Waals surface area contributed by atoms with Crippen LogP contribution < -0.4 is 0 Å². The van der Waals surface area contributed by atoms with E-state index in [-0.39, 0.29) is 17.5 Å². The van der Waals surface area contributed by atoms with Crippen molar-refractivity contribution in [3.8, 4) is 11.4 Å². The van der Waals surface area contributed by atoms with Crippen molar-refractivity contribution in [1.82, 2.24) is 15.0 Å². The summed E-state index contributed by atoms with van der Waals surface area (Å²) in [7, 11) is 0. The molecule has 1 saturated heterocycles. The molecule has 1 aromatic heterocycles. The van der Waals surface area contributed by atoms with Gasteiger partial charge in [-0.2, -0.15) is 4.98 Å². The number of aryl methyl sites for hydroxylation is 1. The number of hydrogen-bond donors (Lipinski definition) is 0. The Labute approximate surface area is 173 Å². The van der Waals surface area contributed by atoms with Crippen molar-refractivity contribution in [3.05, 3.63) is 75.2 Å². The molecule has 0 N–H and O–H groups in total. The van der Waals surface area contributed by atoms with Crippen molar-refractivity contribution < 1.29 is 14.2 Å². The van der Waals surface area contributed by atoms with Gasteiger partial charge in [0, 0.05) is 41.8 Å². The lowest BCUT2D eigenvalue weighted by Gasteiger charge is -2.30. The highest BCUT2D eigenvalue weighted by atomic mass is 16.6. The molecule has 8 nitrogen and oxygen atoms in total. The van der Waals surface area contributed by atoms with Crippen LogP contribution in [-0.2, 0) is 0 Å². The zero-order chi connectivity index (χ0) is 21.3. The van der Waals surface area contributed by atoms with Gasteiger partial charge in [0.05, 0.1) is 4.92 Å². The topological polar surface area (TPSA) is 102 Å². The molecule has 2 aromatic carbocycles. The average Bonchev–Trinajstić information content (AvgIpc) is 3.24. The van der Waals surface area contributed by atoms with E-state index in [1.54, 1.807) is 24.0 Å². The van der Waals surface area contributed by atoms with Crippen LogP contribution in [0.1, 0.15) is 46.1 Å². The largest absolute Gasteiger partial charge is 0.339 e. The lowest BCUT2D eigenvalue weighted by molar-refractivity contribution is -0.385. The SMILES string of the molecule is Cc1ccc(-c2noc(C3CCN(C(=O)c4cccc([N+](=O)[O-])c4C)CC3)n2)cc1. The van der Waals surface area contributed by atoms with Crippen LogP contribution in [0.15, 0.2) is 47.0 Å². The van der Waals surface area contributed by atoms with E-state index in [0.717, 1.165) is 5.56 Å². The molecule has 0 bridgehead atoms. The van der Waals surface area contributed by atoms with Gasteiger partial charge in [0.15, 0.2) is 0 Å². The van der Waals surface area contributed by atoms with Crippen molar-refractivity contribution >= 4 is 11.6 Å². The van der Waals surface area contributed by atoms with Crippen LogP contribution in [0.4, 0.5) is 5.69 Å². The van der Waals surface area contributed by atoms with Crippen LogP contribution in [0.3, 0.4) is 0 Å². The second kappa shape index (κ2) is 8.06. The Balaban J connectivity index is 1.43. The standard InChI is InChI=1S/C22H22N4O4/c1-14-6-8-16(9-7-14)20-23-21(30-24-20)17-10-12-25(13-11-17)22(27)18-4-3-5-19(15(18)2)26(28)29/h3-9,17H,10-13H2,1-2H3. The Bertz CT molecular complexity index is 1080. The molecule has 30 heavy (non-hydrogen) atoms. The lowest BCUT2D eigenvalue weighted by Crippen LogP contribution is -2.38. The number of nitro groups is 1. The number of carbonyl (C=O) groups excluding carboxylic acids is 1. The van der Waals surface area contributed by atoms with E-state index in [4.69, 9.17) is 4.52 Å². The van der Waals surface area contributed by atoms with Crippen LogP contribution in [0.2, 0.25) is 0 Å². The molecular weight excluding hydrogens is 384 g/mol. The van der Waals surface area contributed by atoms with Crippen LogP contribution in [0.5, 0.6) is 0 Å². The molecule has 3 aromatic rings. The molecule has 2 heterocycles. The quantitative estimate of drug-likeness (QED) is 0.473. The molecule has 0 spiro atoms. The van der Waals surface area contributed by atoms with Gasteiger partial charge in [0.2, 0.25) is 11.7 Å². The second-order valence-electron chi connectivity index (χ2n) is 7.60. The monoisotopic (exact) mass is 406 g/mol. The Morgan fingerprint density at radius 2 is 1.83 bits per heavy atom. The molecule has 0 unspecified atom stereocenters. The third-order valence-corrected chi connectivity index (χ3v) is 5.62. The summed E-state index contributed by atoms with van der Waals surface area (Å²) in [5.41, 5.74) is 2.81. The van der Waals surface area contributed by atoms with Gasteiger partial charge < -0.3 is 9.42 Å². The van der Waals surface area contributed by atoms with Crippen LogP contribution in [0, 0.1) is 24.0 Å². The van der Waals surface area contributed by atoms with Crippen molar-refractivity contribution in [1.29, 1.82) is 0 Å². The number of amides is 1. The highest BCUT2D eigenvalue weighted by molar-refractivity contribution is 5.96. The summed E-state index contributed by atoms with van der Waals surface area (Å²) < 4.78 is 5.49. The van der Waals surface area contributed by atoms with Crippen molar-refractivity contribution in [2.45, 2.75) is 32.6 Å². The van der Waals surface area contributed by atoms with Crippen molar-refractivity contribution in [3.63, 3.8) is 0 Å². The van der Waals surface area contributed by atoms with E-state index >= 15 is 0 Å². The fourth-order valence-corrected chi connectivity index (χ4v) is 3.77. The van der Waals surface area contributed by atoms with Crippen molar-refractivity contribution in [2.75, 3.05) is 13.1 Å². The minimum atomic E-state index is -0.459. The summed E-state index contributed by atoms with van der Waals surface area (Å²) in [6, 6.07) is 12.5. The molecule has 1 aliphatic heterocycles. The number of hydrogen-bond acceptors (Lipinski definition) is 6. The van der Waals surface area contributed by atoms with Gasteiger partial charge in [0.1, 0.15) is 0 Å². The number of likely N-dealkylation sites (tertiary alicyclic amines) is 1. The Hall–Kier alpha value is -3.55. The number of nitro benzene ring substituents is 1. The normalized spacial score (nSPS) is 14.7. The summed E-state index contributed by atoms with van der Waals surface area (Å²) in [5, 5.41) is 15.3. The highest BCUT2D eigenvalue weighted by Crippen LogP contribution is 2.30. The van der Waals surface area contributed by atoms with Gasteiger partial charge in [-0.25, -0.2) is 0 Å². The van der Waals surface area contributed by atoms with Gasteiger partial charge in [-0.15, -0.1) is 0 Å². The summed E-state index contributed by atoms with van der Waals surface area (Å²) in [5.74, 6) is 1.06.